The molecule has 4 N–H and O–H groups in total. The van der Waals surface area contributed by atoms with E-state index in [0.29, 0.717) is 22.5 Å². The highest BCUT2D eigenvalue weighted by Gasteiger charge is 2.07. The van der Waals surface area contributed by atoms with Crippen molar-refractivity contribution in [2.75, 3.05) is 11.5 Å². The summed E-state index contributed by atoms with van der Waals surface area (Å²) in [6, 6.07) is 19.1. The van der Waals surface area contributed by atoms with Crippen LogP contribution in [0.1, 0.15) is 5.56 Å². The zero-order valence-electron chi connectivity index (χ0n) is 12.3. The van der Waals surface area contributed by atoms with Crippen LogP contribution in [0, 0.1) is 0 Å². The molecule has 1 aromatic heterocycles. The number of hydrogen-bond donors (Lipinski definition) is 2. The first-order valence-corrected chi connectivity index (χ1v) is 8.03. The van der Waals surface area contributed by atoms with E-state index in [0.717, 1.165) is 17.1 Å². The van der Waals surface area contributed by atoms with Gasteiger partial charge in [0.2, 0.25) is 0 Å². The molecule has 23 heavy (non-hydrogen) atoms. The summed E-state index contributed by atoms with van der Waals surface area (Å²) in [5.74, 6) is 3.01. The van der Waals surface area contributed by atoms with Crippen molar-refractivity contribution >= 4 is 23.4 Å². The Hall–Kier alpha value is -2.73. The van der Waals surface area contributed by atoms with E-state index in [1.54, 1.807) is 0 Å². The first kappa shape index (κ1) is 15.2. The van der Waals surface area contributed by atoms with Crippen molar-refractivity contribution in [1.82, 2.24) is 9.97 Å². The van der Waals surface area contributed by atoms with Crippen molar-refractivity contribution in [2.45, 2.75) is 10.9 Å². The average Bonchev–Trinajstić information content (AvgIpc) is 2.54. The second-order valence-electron chi connectivity index (χ2n) is 4.81. The molecule has 3 aromatic rings. The van der Waals surface area contributed by atoms with E-state index >= 15 is 0 Å². The van der Waals surface area contributed by atoms with E-state index in [1.807, 2.05) is 54.6 Å². The number of anilines is 2. The maximum Gasteiger partial charge on any atom is 0.191 e. The summed E-state index contributed by atoms with van der Waals surface area (Å²) < 4.78 is 5.94. The van der Waals surface area contributed by atoms with Crippen molar-refractivity contribution < 1.29 is 4.74 Å². The van der Waals surface area contributed by atoms with Gasteiger partial charge in [0.25, 0.3) is 0 Å². The Morgan fingerprint density at radius 3 is 2.26 bits per heavy atom. The summed E-state index contributed by atoms with van der Waals surface area (Å²) in [6.07, 6.45) is 0. The largest absolute Gasteiger partial charge is 0.457 e. The number of rotatable bonds is 5. The lowest BCUT2D eigenvalue weighted by molar-refractivity contribution is 0.478. The predicted octanol–water partition coefficient (Wildman–Crippen LogP) is 3.73. The van der Waals surface area contributed by atoms with E-state index in [4.69, 9.17) is 16.2 Å². The Morgan fingerprint density at radius 1 is 0.870 bits per heavy atom. The molecule has 0 amide bonds. The fourth-order valence-electron chi connectivity index (χ4n) is 2.01. The van der Waals surface area contributed by atoms with Crippen LogP contribution in [0.25, 0.3) is 0 Å². The van der Waals surface area contributed by atoms with Gasteiger partial charge in [-0.2, -0.15) is 0 Å². The molecule has 0 saturated heterocycles. The standard InChI is InChI=1S/C17H16N4OS/c18-15-10-16(19)21-17(20-15)23-11-12-6-4-5-9-14(12)22-13-7-2-1-3-8-13/h1-10H,11H2,(H4,18,19,20,21). The molecule has 0 atom stereocenters. The molecule has 6 heteroatoms. The highest BCUT2D eigenvalue weighted by atomic mass is 32.2. The normalized spacial score (nSPS) is 10.4. The molecule has 5 nitrogen and oxygen atoms in total. The minimum absolute atomic E-state index is 0.369. The van der Waals surface area contributed by atoms with Crippen molar-refractivity contribution in [3.05, 3.63) is 66.2 Å². The molecule has 0 bridgehead atoms. The molecule has 0 spiro atoms. The molecule has 2 aromatic carbocycles. The van der Waals surface area contributed by atoms with Crippen LogP contribution in [0.4, 0.5) is 11.6 Å². The number of hydrogen-bond acceptors (Lipinski definition) is 6. The first-order chi connectivity index (χ1) is 11.2. The average molecular weight is 324 g/mol. The monoisotopic (exact) mass is 324 g/mol. The van der Waals surface area contributed by atoms with Crippen LogP contribution in [-0.2, 0) is 5.75 Å². The molecular formula is C17H16N4OS. The molecule has 0 aliphatic rings. The molecule has 0 radical (unpaired) electrons. The number of aromatic nitrogens is 2. The number of thioether (sulfide) groups is 1. The topological polar surface area (TPSA) is 87.1 Å². The zero-order chi connectivity index (χ0) is 16.1. The van der Waals surface area contributed by atoms with Gasteiger partial charge in [-0.05, 0) is 18.2 Å². The number of para-hydroxylation sites is 2. The van der Waals surface area contributed by atoms with Crippen molar-refractivity contribution in [1.29, 1.82) is 0 Å². The summed E-state index contributed by atoms with van der Waals surface area (Å²) in [4.78, 5) is 8.34. The van der Waals surface area contributed by atoms with Crippen LogP contribution in [0.5, 0.6) is 11.5 Å². The molecule has 116 valence electrons. The Morgan fingerprint density at radius 2 is 1.52 bits per heavy atom. The van der Waals surface area contributed by atoms with Crippen molar-refractivity contribution in [2.24, 2.45) is 0 Å². The van der Waals surface area contributed by atoms with Crippen LogP contribution in [0.15, 0.2) is 65.8 Å². The van der Waals surface area contributed by atoms with Gasteiger partial charge in [0, 0.05) is 17.4 Å². The Balaban J connectivity index is 1.75. The second-order valence-corrected chi connectivity index (χ2v) is 5.75. The molecule has 0 aliphatic carbocycles. The number of nitrogens with two attached hydrogens (primary N) is 2. The van der Waals surface area contributed by atoms with E-state index in [1.165, 1.54) is 17.8 Å². The molecule has 0 aliphatic heterocycles. The zero-order valence-corrected chi connectivity index (χ0v) is 13.2. The predicted molar refractivity (Wildman–Crippen MR) is 93.4 cm³/mol. The van der Waals surface area contributed by atoms with Gasteiger partial charge >= 0.3 is 0 Å². The minimum Gasteiger partial charge on any atom is -0.457 e. The molecule has 0 unspecified atom stereocenters. The first-order valence-electron chi connectivity index (χ1n) is 7.04. The number of benzene rings is 2. The van der Waals surface area contributed by atoms with Gasteiger partial charge in [-0.3, -0.25) is 0 Å². The van der Waals surface area contributed by atoms with Crippen LogP contribution in [0.3, 0.4) is 0 Å². The van der Waals surface area contributed by atoms with Gasteiger partial charge in [0.05, 0.1) is 0 Å². The Kier molecular flexibility index (Phi) is 4.63. The van der Waals surface area contributed by atoms with Gasteiger partial charge in [0.1, 0.15) is 23.1 Å². The minimum atomic E-state index is 0.369. The smallest absolute Gasteiger partial charge is 0.191 e. The van der Waals surface area contributed by atoms with E-state index in [-0.39, 0.29) is 0 Å². The van der Waals surface area contributed by atoms with Crippen molar-refractivity contribution in [3.63, 3.8) is 0 Å². The van der Waals surface area contributed by atoms with Gasteiger partial charge in [-0.15, -0.1) is 0 Å². The highest BCUT2D eigenvalue weighted by Crippen LogP contribution is 2.30. The quantitative estimate of drug-likeness (QED) is 0.549. The third kappa shape index (κ3) is 4.14. The summed E-state index contributed by atoms with van der Waals surface area (Å²) >= 11 is 1.46. The van der Waals surface area contributed by atoms with E-state index in [2.05, 4.69) is 9.97 Å². The van der Waals surface area contributed by atoms with E-state index < -0.39 is 0 Å². The Labute approximate surface area is 138 Å². The van der Waals surface area contributed by atoms with Gasteiger partial charge in [0.15, 0.2) is 5.16 Å². The lowest BCUT2D eigenvalue weighted by Crippen LogP contribution is -1.99. The van der Waals surface area contributed by atoms with Gasteiger partial charge < -0.3 is 16.2 Å². The number of nitrogen functional groups attached to an aromatic ring is 2. The van der Waals surface area contributed by atoms with Crippen LogP contribution < -0.4 is 16.2 Å². The third-order valence-electron chi connectivity index (χ3n) is 3.05. The van der Waals surface area contributed by atoms with E-state index in [9.17, 15) is 0 Å². The maximum atomic E-state index is 5.94. The summed E-state index contributed by atoms with van der Waals surface area (Å²) in [5, 5.41) is 0.553. The molecule has 0 fully saturated rings. The summed E-state index contributed by atoms with van der Waals surface area (Å²) in [7, 11) is 0. The third-order valence-corrected chi connectivity index (χ3v) is 3.94. The molecular weight excluding hydrogens is 308 g/mol. The second kappa shape index (κ2) is 7.02. The number of nitrogens with zero attached hydrogens (tertiary/aromatic N) is 2. The lowest BCUT2D eigenvalue weighted by Gasteiger charge is -2.10. The van der Waals surface area contributed by atoms with Gasteiger partial charge in [-0.25, -0.2) is 9.97 Å². The summed E-state index contributed by atoms with van der Waals surface area (Å²) in [5.41, 5.74) is 12.4. The maximum absolute atomic E-state index is 5.94. The lowest BCUT2D eigenvalue weighted by atomic mass is 10.2. The van der Waals surface area contributed by atoms with Gasteiger partial charge in [-0.1, -0.05) is 48.2 Å². The summed E-state index contributed by atoms with van der Waals surface area (Å²) in [6.45, 7) is 0. The fraction of sp³-hybridized carbons (Fsp3) is 0.0588. The highest BCUT2D eigenvalue weighted by molar-refractivity contribution is 7.98. The molecule has 1 heterocycles. The van der Waals surface area contributed by atoms with Crippen LogP contribution in [-0.4, -0.2) is 9.97 Å². The number of ether oxygens (including phenoxy) is 1. The Bertz CT molecular complexity index is 775. The molecule has 0 saturated carbocycles. The van der Waals surface area contributed by atoms with Crippen molar-refractivity contribution in [3.8, 4) is 11.5 Å². The SMILES string of the molecule is Nc1cc(N)nc(SCc2ccccc2Oc2ccccc2)n1. The van der Waals surface area contributed by atoms with Crippen LogP contribution in [0.2, 0.25) is 0 Å². The van der Waals surface area contributed by atoms with Crippen LogP contribution >= 0.6 is 11.8 Å². The molecule has 3 rings (SSSR count). The fourth-order valence-corrected chi connectivity index (χ4v) is 2.87.